The third-order valence-electron chi connectivity index (χ3n) is 3.91. The fraction of sp³-hybridized carbons (Fsp3) is 0.0909. The van der Waals surface area contributed by atoms with Crippen LogP contribution in [0.4, 0.5) is 0 Å². The zero-order chi connectivity index (χ0) is 19.8. The Kier molecular flexibility index (Phi) is 6.25. The van der Waals surface area contributed by atoms with Gasteiger partial charge in [-0.3, -0.25) is 4.79 Å². The molecule has 0 bridgehead atoms. The van der Waals surface area contributed by atoms with Crippen molar-refractivity contribution in [1.82, 2.24) is 5.43 Å². The molecule has 0 saturated heterocycles. The van der Waals surface area contributed by atoms with Gasteiger partial charge in [-0.25, -0.2) is 5.43 Å². The zero-order valence-corrected chi connectivity index (χ0v) is 15.3. The number of benzene rings is 3. The summed E-state index contributed by atoms with van der Waals surface area (Å²) in [4.78, 5) is 12.3. The molecule has 0 aromatic heterocycles. The normalized spacial score (nSPS) is 10.6. The Morgan fingerprint density at radius 2 is 1.86 bits per heavy atom. The van der Waals surface area contributed by atoms with E-state index in [1.54, 1.807) is 36.4 Å². The molecular formula is C22H20N2O4. The van der Waals surface area contributed by atoms with E-state index in [2.05, 4.69) is 10.5 Å². The average molecular weight is 376 g/mol. The third-order valence-corrected chi connectivity index (χ3v) is 3.91. The summed E-state index contributed by atoms with van der Waals surface area (Å²) >= 11 is 0. The van der Waals surface area contributed by atoms with Crippen molar-refractivity contribution in [3.8, 4) is 17.2 Å². The van der Waals surface area contributed by atoms with E-state index in [1.807, 2.05) is 30.3 Å². The smallest absolute Gasteiger partial charge is 0.271 e. The standard InChI is InChI=1S/C22H20N2O4/c1-27-21-13-18(10-11-20(21)28-15-16-6-3-2-4-7-16)22(26)24-23-14-17-8-5-9-19(25)12-17/h2-14,25H,15H2,1H3,(H,24,26)/b23-14+. The number of hydrogen-bond acceptors (Lipinski definition) is 5. The van der Waals surface area contributed by atoms with Gasteiger partial charge in [-0.05, 0) is 41.5 Å². The number of phenols is 1. The van der Waals surface area contributed by atoms with E-state index in [0.29, 0.717) is 29.2 Å². The fourth-order valence-electron chi connectivity index (χ4n) is 2.50. The van der Waals surface area contributed by atoms with E-state index in [9.17, 15) is 9.90 Å². The minimum Gasteiger partial charge on any atom is -0.508 e. The van der Waals surface area contributed by atoms with Crippen LogP contribution in [0.2, 0.25) is 0 Å². The largest absolute Gasteiger partial charge is 0.508 e. The maximum atomic E-state index is 12.3. The van der Waals surface area contributed by atoms with Crippen LogP contribution in [0.25, 0.3) is 0 Å². The fourth-order valence-corrected chi connectivity index (χ4v) is 2.50. The number of carbonyl (C=O) groups is 1. The summed E-state index contributed by atoms with van der Waals surface area (Å²) in [5.41, 5.74) is 4.54. The quantitative estimate of drug-likeness (QED) is 0.486. The zero-order valence-electron chi connectivity index (χ0n) is 15.3. The number of carbonyl (C=O) groups excluding carboxylic acids is 1. The number of ether oxygens (including phenoxy) is 2. The second kappa shape index (κ2) is 9.23. The first kappa shape index (κ1) is 19.0. The molecule has 3 aromatic carbocycles. The molecule has 28 heavy (non-hydrogen) atoms. The number of hydrogen-bond donors (Lipinski definition) is 2. The molecule has 6 heteroatoms. The molecule has 1 amide bonds. The van der Waals surface area contributed by atoms with Crippen LogP contribution in [0.15, 0.2) is 77.9 Å². The number of nitrogens with zero attached hydrogens (tertiary/aromatic N) is 1. The molecule has 142 valence electrons. The maximum Gasteiger partial charge on any atom is 0.271 e. The van der Waals surface area contributed by atoms with Crippen molar-refractivity contribution in [3.05, 3.63) is 89.5 Å². The van der Waals surface area contributed by atoms with E-state index >= 15 is 0 Å². The number of rotatable bonds is 7. The van der Waals surface area contributed by atoms with Crippen molar-refractivity contribution in [1.29, 1.82) is 0 Å². The number of phenolic OH excluding ortho intramolecular Hbond substituents is 1. The predicted molar refractivity (Wildman–Crippen MR) is 107 cm³/mol. The molecule has 0 aliphatic heterocycles. The molecule has 0 aliphatic carbocycles. The molecule has 0 atom stereocenters. The van der Waals surface area contributed by atoms with Crippen LogP contribution in [0, 0.1) is 0 Å². The second-order valence-corrected chi connectivity index (χ2v) is 5.93. The summed E-state index contributed by atoms with van der Waals surface area (Å²) in [6, 6.07) is 21.3. The predicted octanol–water partition coefficient (Wildman–Crippen LogP) is 3.74. The lowest BCUT2D eigenvalue weighted by molar-refractivity contribution is 0.0954. The van der Waals surface area contributed by atoms with Gasteiger partial charge in [0, 0.05) is 5.56 Å². The van der Waals surface area contributed by atoms with Crippen molar-refractivity contribution in [3.63, 3.8) is 0 Å². The first-order chi connectivity index (χ1) is 13.7. The Morgan fingerprint density at radius 1 is 1.04 bits per heavy atom. The third kappa shape index (κ3) is 5.11. The van der Waals surface area contributed by atoms with Crippen molar-refractivity contribution in [2.45, 2.75) is 6.61 Å². The minimum absolute atomic E-state index is 0.131. The minimum atomic E-state index is -0.385. The van der Waals surface area contributed by atoms with Crippen LogP contribution in [-0.4, -0.2) is 24.3 Å². The molecule has 0 saturated carbocycles. The summed E-state index contributed by atoms with van der Waals surface area (Å²) in [6.45, 7) is 0.400. The molecule has 0 spiro atoms. The molecule has 3 rings (SSSR count). The van der Waals surface area contributed by atoms with Crippen LogP contribution in [-0.2, 0) is 6.61 Å². The van der Waals surface area contributed by atoms with Gasteiger partial charge >= 0.3 is 0 Å². The molecule has 0 radical (unpaired) electrons. The number of nitrogens with one attached hydrogen (secondary N) is 1. The van der Waals surface area contributed by atoms with E-state index in [-0.39, 0.29) is 11.7 Å². The molecule has 0 unspecified atom stereocenters. The summed E-state index contributed by atoms with van der Waals surface area (Å²) in [6.07, 6.45) is 1.45. The van der Waals surface area contributed by atoms with Crippen LogP contribution in [0.5, 0.6) is 17.2 Å². The first-order valence-corrected chi connectivity index (χ1v) is 8.63. The van der Waals surface area contributed by atoms with E-state index in [0.717, 1.165) is 5.56 Å². The highest BCUT2D eigenvalue weighted by atomic mass is 16.5. The summed E-state index contributed by atoms with van der Waals surface area (Å²) < 4.78 is 11.1. The lowest BCUT2D eigenvalue weighted by Crippen LogP contribution is -2.17. The molecule has 2 N–H and O–H groups in total. The van der Waals surface area contributed by atoms with Crippen LogP contribution >= 0.6 is 0 Å². The van der Waals surface area contributed by atoms with Gasteiger partial charge in [0.15, 0.2) is 11.5 Å². The number of aromatic hydroxyl groups is 1. The van der Waals surface area contributed by atoms with Gasteiger partial charge < -0.3 is 14.6 Å². The maximum absolute atomic E-state index is 12.3. The highest BCUT2D eigenvalue weighted by Crippen LogP contribution is 2.28. The highest BCUT2D eigenvalue weighted by molar-refractivity contribution is 5.95. The Hall–Kier alpha value is -3.80. The molecule has 0 fully saturated rings. The Labute approximate surface area is 163 Å². The summed E-state index contributed by atoms with van der Waals surface area (Å²) in [5.74, 6) is 0.752. The molecular weight excluding hydrogens is 356 g/mol. The molecule has 3 aromatic rings. The van der Waals surface area contributed by atoms with Crippen molar-refractivity contribution in [2.24, 2.45) is 5.10 Å². The second-order valence-electron chi connectivity index (χ2n) is 5.93. The van der Waals surface area contributed by atoms with Gasteiger partial charge in [0.2, 0.25) is 0 Å². The average Bonchev–Trinajstić information content (AvgIpc) is 2.73. The number of hydrazone groups is 1. The van der Waals surface area contributed by atoms with Gasteiger partial charge in [0.1, 0.15) is 12.4 Å². The first-order valence-electron chi connectivity index (χ1n) is 8.63. The Bertz CT molecular complexity index is 971. The van der Waals surface area contributed by atoms with Crippen LogP contribution in [0.1, 0.15) is 21.5 Å². The summed E-state index contributed by atoms with van der Waals surface area (Å²) in [5, 5.41) is 13.3. The SMILES string of the molecule is COc1cc(C(=O)N/N=C/c2cccc(O)c2)ccc1OCc1ccccc1. The van der Waals surface area contributed by atoms with Gasteiger partial charge in [-0.2, -0.15) is 5.10 Å². The Morgan fingerprint density at radius 3 is 2.61 bits per heavy atom. The molecule has 0 aliphatic rings. The topological polar surface area (TPSA) is 80.2 Å². The number of amides is 1. The Balaban J connectivity index is 1.64. The van der Waals surface area contributed by atoms with E-state index in [1.165, 1.54) is 19.4 Å². The van der Waals surface area contributed by atoms with E-state index in [4.69, 9.17) is 9.47 Å². The lowest BCUT2D eigenvalue weighted by atomic mass is 10.2. The van der Waals surface area contributed by atoms with Gasteiger partial charge in [-0.1, -0.05) is 42.5 Å². The van der Waals surface area contributed by atoms with Gasteiger partial charge in [0.25, 0.3) is 5.91 Å². The molecule has 6 nitrogen and oxygen atoms in total. The summed E-state index contributed by atoms with van der Waals surface area (Å²) in [7, 11) is 1.52. The monoisotopic (exact) mass is 376 g/mol. The van der Waals surface area contributed by atoms with Gasteiger partial charge in [0.05, 0.1) is 13.3 Å². The molecule has 0 heterocycles. The van der Waals surface area contributed by atoms with Crippen LogP contribution < -0.4 is 14.9 Å². The van der Waals surface area contributed by atoms with E-state index < -0.39 is 0 Å². The number of methoxy groups -OCH3 is 1. The van der Waals surface area contributed by atoms with Crippen molar-refractivity contribution in [2.75, 3.05) is 7.11 Å². The van der Waals surface area contributed by atoms with Crippen molar-refractivity contribution < 1.29 is 19.4 Å². The van der Waals surface area contributed by atoms with Crippen molar-refractivity contribution >= 4 is 12.1 Å². The highest BCUT2D eigenvalue weighted by Gasteiger charge is 2.11. The lowest BCUT2D eigenvalue weighted by Gasteiger charge is -2.12. The van der Waals surface area contributed by atoms with Gasteiger partial charge in [-0.15, -0.1) is 0 Å². The van der Waals surface area contributed by atoms with Crippen LogP contribution in [0.3, 0.4) is 0 Å².